The number of nitrogen functional groups attached to an aromatic ring is 2. The first kappa shape index (κ1) is 22.3. The van der Waals surface area contributed by atoms with Gasteiger partial charge in [0.05, 0.1) is 50.8 Å². The minimum Gasteiger partial charge on any atom is -0.398 e. The van der Waals surface area contributed by atoms with Crippen molar-refractivity contribution in [1.82, 2.24) is 0 Å². The lowest BCUT2D eigenvalue weighted by molar-refractivity contribution is 0.405. The van der Waals surface area contributed by atoms with Gasteiger partial charge in [0, 0.05) is 46.0 Å². The van der Waals surface area contributed by atoms with Gasteiger partial charge in [0.25, 0.3) is 0 Å². The molecule has 2 aromatic carbocycles. The van der Waals surface area contributed by atoms with Gasteiger partial charge in [-0.15, -0.1) is 0 Å². The van der Waals surface area contributed by atoms with Gasteiger partial charge in [-0.2, -0.15) is 0 Å². The molecule has 33 heavy (non-hydrogen) atoms. The lowest BCUT2D eigenvalue weighted by Gasteiger charge is -2.21. The van der Waals surface area contributed by atoms with Crippen LogP contribution in [0.25, 0.3) is 0 Å². The van der Waals surface area contributed by atoms with E-state index in [-0.39, 0.29) is 24.4 Å². The molecule has 0 spiro atoms. The quantitative estimate of drug-likeness (QED) is 0.328. The van der Waals surface area contributed by atoms with Crippen molar-refractivity contribution < 1.29 is 18.9 Å². The number of nitrogens with two attached hydrogens (primary N) is 2. The lowest BCUT2D eigenvalue weighted by atomic mass is 9.88. The van der Waals surface area contributed by atoms with Gasteiger partial charge in [-0.3, -0.25) is 0 Å². The molecule has 4 N–H and O–H groups in total. The van der Waals surface area contributed by atoms with Gasteiger partial charge in [-0.1, -0.05) is 12.1 Å². The third kappa shape index (κ3) is 5.11. The van der Waals surface area contributed by atoms with Crippen molar-refractivity contribution in [3.05, 3.63) is 54.5 Å². The molecule has 0 amide bonds. The molecule has 4 fully saturated rings. The molecule has 4 heterocycles. The summed E-state index contributed by atoms with van der Waals surface area (Å²) in [4.78, 5) is 0. The van der Waals surface area contributed by atoms with Crippen molar-refractivity contribution in [2.75, 3.05) is 37.9 Å². The molecular formula is C25H28Br2N2O4. The van der Waals surface area contributed by atoms with E-state index in [4.69, 9.17) is 30.4 Å². The Hall–Kier alpha value is -1.16. The van der Waals surface area contributed by atoms with Crippen molar-refractivity contribution in [2.24, 2.45) is 0 Å². The normalized spacial score (nSPS) is 27.0. The SMILES string of the molecule is Nc1c(CC2CO2)cc(Cc2cc(CC3CO3)c(N)c(Br)c2CC2CO2)c(CC2CO2)c1Br. The summed E-state index contributed by atoms with van der Waals surface area (Å²) in [5.74, 6) is 0. The molecule has 4 unspecified atom stereocenters. The first-order chi connectivity index (χ1) is 16.0. The van der Waals surface area contributed by atoms with Crippen molar-refractivity contribution in [3.8, 4) is 0 Å². The van der Waals surface area contributed by atoms with Crippen LogP contribution in [0.5, 0.6) is 0 Å². The summed E-state index contributed by atoms with van der Waals surface area (Å²) in [5, 5.41) is 0. The molecule has 4 saturated heterocycles. The van der Waals surface area contributed by atoms with Crippen molar-refractivity contribution in [2.45, 2.75) is 56.5 Å². The number of benzene rings is 2. The molecular weight excluding hydrogens is 552 g/mol. The predicted molar refractivity (Wildman–Crippen MR) is 134 cm³/mol. The zero-order valence-corrected chi connectivity index (χ0v) is 21.5. The number of rotatable bonds is 10. The standard InChI is InChI=1S/C25H28Br2N2O4/c26-22-20(6-18-10-32-18)12(2-14(24(22)28)4-16-8-30-16)1-13-3-15(5-17-9-31-17)25(29)23(27)21(13)7-19-11-33-19/h2-3,16-19H,1,4-11,28-29H2. The summed E-state index contributed by atoms with van der Waals surface area (Å²) in [7, 11) is 0. The highest BCUT2D eigenvalue weighted by molar-refractivity contribution is 9.11. The molecule has 0 aromatic heterocycles. The highest BCUT2D eigenvalue weighted by Gasteiger charge is 2.31. The monoisotopic (exact) mass is 578 g/mol. The number of hydrogen-bond donors (Lipinski definition) is 2. The van der Waals surface area contributed by atoms with Crippen LogP contribution in [0.15, 0.2) is 21.1 Å². The zero-order chi connectivity index (χ0) is 22.7. The molecule has 4 aliphatic heterocycles. The highest BCUT2D eigenvalue weighted by atomic mass is 79.9. The molecule has 176 valence electrons. The van der Waals surface area contributed by atoms with E-state index < -0.39 is 0 Å². The Labute approximate surface area is 210 Å². The average Bonchev–Trinajstić information content (AvgIpc) is 3.62. The summed E-state index contributed by atoms with van der Waals surface area (Å²) >= 11 is 7.65. The molecule has 0 radical (unpaired) electrons. The van der Waals surface area contributed by atoms with Gasteiger partial charge in [-0.05, 0) is 71.7 Å². The van der Waals surface area contributed by atoms with E-state index in [0.29, 0.717) is 0 Å². The number of halogens is 2. The largest absolute Gasteiger partial charge is 0.398 e. The number of hydrogen-bond acceptors (Lipinski definition) is 6. The Kier molecular flexibility index (Phi) is 5.95. The van der Waals surface area contributed by atoms with Crippen LogP contribution in [0.3, 0.4) is 0 Å². The third-order valence-corrected chi connectivity index (χ3v) is 8.73. The minimum atomic E-state index is 0.275. The van der Waals surface area contributed by atoms with Crippen LogP contribution in [0.4, 0.5) is 11.4 Å². The Morgan fingerprint density at radius 2 is 0.939 bits per heavy atom. The Bertz CT molecular complexity index is 1010. The van der Waals surface area contributed by atoms with E-state index >= 15 is 0 Å². The smallest absolute Gasteiger partial charge is 0.0850 e. The van der Waals surface area contributed by atoms with Crippen molar-refractivity contribution in [3.63, 3.8) is 0 Å². The van der Waals surface area contributed by atoms with Gasteiger partial charge in [-0.25, -0.2) is 0 Å². The zero-order valence-electron chi connectivity index (χ0n) is 18.4. The fourth-order valence-corrected chi connectivity index (χ4v) is 5.97. The van der Waals surface area contributed by atoms with Gasteiger partial charge in [0.2, 0.25) is 0 Å². The number of epoxide rings is 4. The van der Waals surface area contributed by atoms with Crippen LogP contribution >= 0.6 is 31.9 Å². The summed E-state index contributed by atoms with van der Waals surface area (Å²) < 4.78 is 24.1. The van der Waals surface area contributed by atoms with Gasteiger partial charge < -0.3 is 30.4 Å². The highest BCUT2D eigenvalue weighted by Crippen LogP contribution is 2.40. The second-order valence-corrected chi connectivity index (χ2v) is 11.2. The molecule has 2 aromatic rings. The van der Waals surface area contributed by atoms with Gasteiger partial charge >= 0.3 is 0 Å². The Balaban J connectivity index is 1.41. The molecule has 6 rings (SSSR count). The van der Waals surface area contributed by atoms with Crippen LogP contribution in [-0.2, 0) is 51.1 Å². The van der Waals surface area contributed by atoms with Crippen LogP contribution in [0, 0.1) is 0 Å². The fraction of sp³-hybridized carbons (Fsp3) is 0.520. The molecule has 0 bridgehead atoms. The maximum absolute atomic E-state index is 6.55. The van der Waals surface area contributed by atoms with Crippen LogP contribution in [0.1, 0.15) is 33.4 Å². The fourth-order valence-electron chi connectivity index (χ4n) is 4.63. The van der Waals surface area contributed by atoms with E-state index in [9.17, 15) is 0 Å². The lowest BCUT2D eigenvalue weighted by Crippen LogP contribution is -2.11. The summed E-state index contributed by atoms with van der Waals surface area (Å²) in [6.45, 7) is 3.25. The van der Waals surface area contributed by atoms with Crippen LogP contribution < -0.4 is 11.5 Å². The van der Waals surface area contributed by atoms with Gasteiger partial charge in [0.15, 0.2) is 0 Å². The summed E-state index contributed by atoms with van der Waals surface area (Å²) in [5.41, 5.74) is 22.1. The maximum atomic E-state index is 6.55. The summed E-state index contributed by atoms with van der Waals surface area (Å²) in [6, 6.07) is 4.57. The van der Waals surface area contributed by atoms with Crippen LogP contribution in [0.2, 0.25) is 0 Å². The molecule has 4 aliphatic rings. The molecule has 4 atom stereocenters. The molecule has 8 heteroatoms. The first-order valence-electron chi connectivity index (χ1n) is 11.6. The number of anilines is 2. The van der Waals surface area contributed by atoms with E-state index in [1.54, 1.807) is 0 Å². The predicted octanol–water partition coefficient (Wildman–Crippen LogP) is 3.73. The van der Waals surface area contributed by atoms with E-state index in [2.05, 4.69) is 44.0 Å². The van der Waals surface area contributed by atoms with Crippen LogP contribution in [-0.4, -0.2) is 50.8 Å². The topological polar surface area (TPSA) is 102 Å². The second kappa shape index (κ2) is 8.81. The maximum Gasteiger partial charge on any atom is 0.0850 e. The molecule has 0 aliphatic carbocycles. The average molecular weight is 580 g/mol. The molecule has 0 saturated carbocycles. The third-order valence-electron chi connectivity index (χ3n) is 6.92. The first-order valence-corrected chi connectivity index (χ1v) is 13.2. The van der Waals surface area contributed by atoms with Gasteiger partial charge in [0.1, 0.15) is 0 Å². The van der Waals surface area contributed by atoms with Crippen molar-refractivity contribution in [1.29, 1.82) is 0 Å². The molecule has 6 nitrogen and oxygen atoms in total. The minimum absolute atomic E-state index is 0.275. The van der Waals surface area contributed by atoms with E-state index in [0.717, 1.165) is 90.0 Å². The second-order valence-electron chi connectivity index (χ2n) is 9.62. The summed E-state index contributed by atoms with van der Waals surface area (Å²) in [6.07, 6.45) is 5.33. The van der Waals surface area contributed by atoms with Crippen molar-refractivity contribution >= 4 is 43.2 Å². The Morgan fingerprint density at radius 3 is 1.27 bits per heavy atom. The Morgan fingerprint density at radius 1 is 0.606 bits per heavy atom. The van der Waals surface area contributed by atoms with E-state index in [1.165, 1.54) is 22.3 Å². The number of ether oxygens (including phenoxy) is 4. The van der Waals surface area contributed by atoms with E-state index in [1.807, 2.05) is 0 Å².